The van der Waals surface area contributed by atoms with Gasteiger partial charge in [-0.1, -0.05) is 24.3 Å². The van der Waals surface area contributed by atoms with Crippen LogP contribution in [0.25, 0.3) is 33.2 Å². The molecule has 4 N–H and O–H groups in total. The number of fused-ring (bicyclic) bond motifs is 3. The van der Waals surface area contributed by atoms with Gasteiger partial charge in [0.05, 0.1) is 16.7 Å². The molecule has 3 aromatic heterocycles. The highest BCUT2D eigenvalue weighted by atomic mass is 16.2. The molecular formula is C25H23N7O. The number of nitrogens with two attached hydrogens (primary N) is 1. The maximum atomic E-state index is 13.0. The maximum absolute atomic E-state index is 13.0. The summed E-state index contributed by atoms with van der Waals surface area (Å²) in [6, 6.07) is 17.5. The van der Waals surface area contributed by atoms with Gasteiger partial charge in [0.2, 0.25) is 0 Å². The predicted molar refractivity (Wildman–Crippen MR) is 128 cm³/mol. The number of hydrogen-bond acceptors (Lipinski definition) is 5. The minimum Gasteiger partial charge on any atom is -0.382 e. The van der Waals surface area contributed by atoms with Gasteiger partial charge >= 0.3 is 0 Å². The first-order valence-corrected chi connectivity index (χ1v) is 11.1. The van der Waals surface area contributed by atoms with Crippen molar-refractivity contribution >= 4 is 33.7 Å². The van der Waals surface area contributed by atoms with Crippen LogP contribution in [0.1, 0.15) is 29.0 Å². The van der Waals surface area contributed by atoms with Crippen LogP contribution in [0.3, 0.4) is 0 Å². The molecule has 1 amide bonds. The fourth-order valence-corrected chi connectivity index (χ4v) is 4.78. The Morgan fingerprint density at radius 3 is 2.82 bits per heavy atom. The standard InChI is InChI=1S/C25H23N7O/c26-24-23-22(18-9-8-16(13-20(18)28-24)19-10-11-27-31-19)29-21(30-23)14-17-7-4-12-32(17)25(33)15-5-2-1-3-6-15/h1-3,5-6,8-11,13,17H,4,7,12,14H2,(H2,26,28)(H,27,31)(H,29,30)/t17-/m1/s1. The van der Waals surface area contributed by atoms with E-state index in [-0.39, 0.29) is 11.9 Å². The molecule has 0 radical (unpaired) electrons. The summed E-state index contributed by atoms with van der Waals surface area (Å²) in [4.78, 5) is 27.8. The van der Waals surface area contributed by atoms with Gasteiger partial charge in [-0.05, 0) is 43.2 Å². The van der Waals surface area contributed by atoms with Crippen LogP contribution in [0.15, 0.2) is 60.8 Å². The van der Waals surface area contributed by atoms with Crippen LogP contribution in [-0.4, -0.2) is 48.5 Å². The number of rotatable bonds is 4. The molecule has 1 fully saturated rings. The first-order valence-electron chi connectivity index (χ1n) is 11.1. The van der Waals surface area contributed by atoms with Crippen molar-refractivity contribution in [1.82, 2.24) is 30.0 Å². The van der Waals surface area contributed by atoms with Gasteiger partial charge in [0.15, 0.2) is 5.82 Å². The van der Waals surface area contributed by atoms with Crippen molar-refractivity contribution in [2.24, 2.45) is 0 Å². The average Bonchev–Trinajstić information content (AvgIpc) is 3.60. The van der Waals surface area contributed by atoms with Crippen molar-refractivity contribution in [3.63, 3.8) is 0 Å². The summed E-state index contributed by atoms with van der Waals surface area (Å²) < 4.78 is 0. The van der Waals surface area contributed by atoms with Crippen LogP contribution in [0.2, 0.25) is 0 Å². The highest BCUT2D eigenvalue weighted by Gasteiger charge is 2.30. The number of carbonyl (C=O) groups is 1. The zero-order chi connectivity index (χ0) is 22.4. The molecule has 1 aliphatic rings. The molecule has 6 rings (SSSR count). The van der Waals surface area contributed by atoms with Crippen molar-refractivity contribution in [2.75, 3.05) is 12.3 Å². The van der Waals surface area contributed by atoms with E-state index in [4.69, 9.17) is 10.7 Å². The Morgan fingerprint density at radius 2 is 2.00 bits per heavy atom. The summed E-state index contributed by atoms with van der Waals surface area (Å²) in [6.45, 7) is 0.765. The highest BCUT2D eigenvalue weighted by molar-refractivity contribution is 6.07. The van der Waals surface area contributed by atoms with Crippen molar-refractivity contribution in [3.05, 3.63) is 72.2 Å². The fraction of sp³-hybridized carbons (Fsp3) is 0.200. The average molecular weight is 438 g/mol. The SMILES string of the molecule is Nc1nc2cc(-c3cc[nH]n3)ccc2c2[nH]c(C[C@H]3CCCN3C(=O)c3ccccc3)nc12. The normalized spacial score (nSPS) is 16.1. The molecule has 33 heavy (non-hydrogen) atoms. The minimum absolute atomic E-state index is 0.0757. The summed E-state index contributed by atoms with van der Waals surface area (Å²) in [5.74, 6) is 1.29. The zero-order valence-electron chi connectivity index (χ0n) is 18.0. The van der Waals surface area contributed by atoms with Crippen LogP contribution in [0.4, 0.5) is 5.82 Å². The second-order valence-electron chi connectivity index (χ2n) is 8.46. The molecule has 0 aliphatic carbocycles. The lowest BCUT2D eigenvalue weighted by atomic mass is 10.1. The van der Waals surface area contributed by atoms with E-state index in [0.29, 0.717) is 17.8 Å². The molecule has 5 aromatic rings. The summed E-state index contributed by atoms with van der Waals surface area (Å²) in [6.07, 6.45) is 4.39. The Kier molecular flexibility index (Phi) is 4.57. The predicted octanol–water partition coefficient (Wildman–Crippen LogP) is 3.93. The van der Waals surface area contributed by atoms with Crippen LogP contribution in [-0.2, 0) is 6.42 Å². The van der Waals surface area contributed by atoms with E-state index in [9.17, 15) is 4.79 Å². The van der Waals surface area contributed by atoms with Gasteiger partial charge in [0.25, 0.3) is 5.91 Å². The van der Waals surface area contributed by atoms with E-state index in [2.05, 4.69) is 20.2 Å². The van der Waals surface area contributed by atoms with Crippen molar-refractivity contribution in [3.8, 4) is 11.3 Å². The number of amides is 1. The van der Waals surface area contributed by atoms with Crippen LogP contribution in [0.5, 0.6) is 0 Å². The molecular weight excluding hydrogens is 414 g/mol. The molecule has 0 spiro atoms. The Morgan fingerprint density at radius 1 is 1.12 bits per heavy atom. The number of nitrogen functional groups attached to an aromatic ring is 1. The van der Waals surface area contributed by atoms with Crippen molar-refractivity contribution in [1.29, 1.82) is 0 Å². The van der Waals surface area contributed by atoms with E-state index in [0.717, 1.165) is 58.5 Å². The van der Waals surface area contributed by atoms with E-state index in [1.165, 1.54) is 0 Å². The number of imidazole rings is 1. The summed E-state index contributed by atoms with van der Waals surface area (Å²) >= 11 is 0. The first kappa shape index (κ1) is 19.5. The largest absolute Gasteiger partial charge is 0.382 e. The van der Waals surface area contributed by atoms with Gasteiger partial charge in [-0.3, -0.25) is 9.89 Å². The number of aromatic amines is 2. The number of carbonyl (C=O) groups excluding carboxylic acids is 1. The third-order valence-corrected chi connectivity index (χ3v) is 6.39. The van der Waals surface area contributed by atoms with Gasteiger partial charge in [-0.25, -0.2) is 9.97 Å². The van der Waals surface area contributed by atoms with E-state index in [1.807, 2.05) is 59.5 Å². The number of H-pyrrole nitrogens is 2. The number of hydrogen-bond donors (Lipinski definition) is 3. The van der Waals surface area contributed by atoms with Gasteiger partial charge in [-0.2, -0.15) is 5.10 Å². The smallest absolute Gasteiger partial charge is 0.254 e. The van der Waals surface area contributed by atoms with Crippen molar-refractivity contribution in [2.45, 2.75) is 25.3 Å². The number of likely N-dealkylation sites (tertiary alicyclic amines) is 1. The summed E-state index contributed by atoms with van der Waals surface area (Å²) in [5, 5.41) is 8.04. The molecule has 2 aromatic carbocycles. The zero-order valence-corrected chi connectivity index (χ0v) is 18.0. The number of anilines is 1. The van der Waals surface area contributed by atoms with Crippen LogP contribution in [0, 0.1) is 0 Å². The Balaban J connectivity index is 1.33. The number of nitrogens with one attached hydrogen (secondary N) is 2. The summed E-state index contributed by atoms with van der Waals surface area (Å²) in [7, 11) is 0. The number of benzene rings is 2. The molecule has 164 valence electrons. The molecule has 4 heterocycles. The minimum atomic E-state index is 0.0757. The molecule has 1 atom stereocenters. The van der Waals surface area contributed by atoms with Gasteiger partial charge < -0.3 is 15.6 Å². The molecule has 8 nitrogen and oxygen atoms in total. The Bertz CT molecular complexity index is 1460. The molecule has 0 unspecified atom stereocenters. The summed E-state index contributed by atoms with van der Waals surface area (Å²) in [5.41, 5.74) is 11.2. The molecule has 1 saturated heterocycles. The Hall–Kier alpha value is -4.20. The number of nitrogens with zero attached hydrogens (tertiary/aromatic N) is 4. The molecule has 1 aliphatic heterocycles. The molecule has 8 heteroatoms. The lowest BCUT2D eigenvalue weighted by Gasteiger charge is -2.24. The lowest BCUT2D eigenvalue weighted by Crippen LogP contribution is -2.37. The quantitative estimate of drug-likeness (QED) is 0.394. The van der Waals surface area contributed by atoms with E-state index >= 15 is 0 Å². The third kappa shape index (κ3) is 3.40. The second kappa shape index (κ2) is 7.74. The number of aromatic nitrogens is 5. The van der Waals surface area contributed by atoms with Crippen LogP contribution >= 0.6 is 0 Å². The maximum Gasteiger partial charge on any atom is 0.254 e. The van der Waals surface area contributed by atoms with Crippen LogP contribution < -0.4 is 5.73 Å². The van der Waals surface area contributed by atoms with Crippen molar-refractivity contribution < 1.29 is 4.79 Å². The van der Waals surface area contributed by atoms with Gasteiger partial charge in [0, 0.05) is 41.7 Å². The lowest BCUT2D eigenvalue weighted by molar-refractivity contribution is 0.0735. The number of pyridine rings is 1. The Labute approximate surface area is 189 Å². The topological polar surface area (TPSA) is 117 Å². The van der Waals surface area contributed by atoms with E-state index in [1.54, 1.807) is 6.20 Å². The first-order chi connectivity index (χ1) is 16.2. The fourth-order valence-electron chi connectivity index (χ4n) is 4.78. The van der Waals surface area contributed by atoms with Gasteiger partial charge in [0.1, 0.15) is 11.3 Å². The highest BCUT2D eigenvalue weighted by Crippen LogP contribution is 2.30. The monoisotopic (exact) mass is 437 g/mol. The van der Waals surface area contributed by atoms with Gasteiger partial charge in [-0.15, -0.1) is 0 Å². The molecule has 0 bridgehead atoms. The van der Waals surface area contributed by atoms with E-state index < -0.39 is 0 Å². The third-order valence-electron chi connectivity index (χ3n) is 6.39. The molecule has 0 saturated carbocycles. The second-order valence-corrected chi connectivity index (χ2v) is 8.46.